The normalized spacial score (nSPS) is 10.6. The van der Waals surface area contributed by atoms with Gasteiger partial charge in [0.05, 0.1) is 17.1 Å². The Morgan fingerprint density at radius 1 is 1.30 bits per heavy atom. The fraction of sp³-hybridized carbons (Fsp3) is 0.0625. The topological polar surface area (TPSA) is 54.9 Å². The molecule has 7 heteroatoms. The molecule has 3 aromatic rings. The van der Waals surface area contributed by atoms with E-state index >= 15 is 0 Å². The van der Waals surface area contributed by atoms with Crippen molar-refractivity contribution >= 4 is 38.9 Å². The van der Waals surface area contributed by atoms with Gasteiger partial charge in [0.2, 0.25) is 0 Å². The summed E-state index contributed by atoms with van der Waals surface area (Å²) in [5.74, 6) is -0.886. The number of rotatable bonds is 3. The SMILES string of the molecule is Cc1nc(-c2ccccn2)sc1C(=O)Nc1ccc(Br)cc1F. The summed E-state index contributed by atoms with van der Waals surface area (Å²) in [6.07, 6.45) is 1.67. The van der Waals surface area contributed by atoms with Crippen molar-refractivity contribution < 1.29 is 9.18 Å². The standard InChI is InChI=1S/C16H11BrFN3OS/c1-9-14(23-16(20-9)13-4-2-3-7-19-13)15(22)21-12-6-5-10(17)8-11(12)18/h2-8H,1H3,(H,21,22). The molecule has 0 spiro atoms. The van der Waals surface area contributed by atoms with Crippen LogP contribution in [0, 0.1) is 12.7 Å². The number of aromatic nitrogens is 2. The van der Waals surface area contributed by atoms with Crippen molar-refractivity contribution in [2.24, 2.45) is 0 Å². The van der Waals surface area contributed by atoms with Crippen LogP contribution in [0.3, 0.4) is 0 Å². The fourth-order valence-electron chi connectivity index (χ4n) is 1.98. The van der Waals surface area contributed by atoms with Gasteiger partial charge in [-0.25, -0.2) is 9.37 Å². The Kier molecular flexibility index (Phi) is 4.49. The summed E-state index contributed by atoms with van der Waals surface area (Å²) >= 11 is 4.41. The zero-order chi connectivity index (χ0) is 16.4. The van der Waals surface area contributed by atoms with E-state index in [0.29, 0.717) is 25.7 Å². The molecule has 23 heavy (non-hydrogen) atoms. The van der Waals surface area contributed by atoms with Crippen LogP contribution in [0.15, 0.2) is 47.1 Å². The Labute approximate surface area is 144 Å². The number of carbonyl (C=O) groups is 1. The first-order chi connectivity index (χ1) is 11.0. The Morgan fingerprint density at radius 3 is 2.83 bits per heavy atom. The van der Waals surface area contributed by atoms with E-state index in [1.54, 1.807) is 19.2 Å². The van der Waals surface area contributed by atoms with Gasteiger partial charge in [-0.1, -0.05) is 22.0 Å². The van der Waals surface area contributed by atoms with Gasteiger partial charge >= 0.3 is 0 Å². The summed E-state index contributed by atoms with van der Waals surface area (Å²) in [6.45, 7) is 1.75. The third-order valence-electron chi connectivity index (χ3n) is 3.07. The lowest BCUT2D eigenvalue weighted by atomic mass is 10.3. The van der Waals surface area contributed by atoms with Gasteiger partial charge in [0.1, 0.15) is 15.7 Å². The molecule has 0 aliphatic carbocycles. The maximum Gasteiger partial charge on any atom is 0.267 e. The van der Waals surface area contributed by atoms with Crippen LogP contribution in [0.1, 0.15) is 15.4 Å². The smallest absolute Gasteiger partial charge is 0.267 e. The van der Waals surface area contributed by atoms with Crippen LogP contribution < -0.4 is 5.32 Å². The Morgan fingerprint density at radius 2 is 2.13 bits per heavy atom. The molecule has 0 unspecified atom stereocenters. The van der Waals surface area contributed by atoms with Crippen molar-refractivity contribution in [2.45, 2.75) is 6.92 Å². The van der Waals surface area contributed by atoms with E-state index in [9.17, 15) is 9.18 Å². The molecule has 2 aromatic heterocycles. The van der Waals surface area contributed by atoms with Gasteiger partial charge in [0, 0.05) is 10.7 Å². The summed E-state index contributed by atoms with van der Waals surface area (Å²) in [5, 5.41) is 3.23. The molecule has 0 bridgehead atoms. The molecule has 0 radical (unpaired) electrons. The van der Waals surface area contributed by atoms with Gasteiger partial charge in [0.25, 0.3) is 5.91 Å². The number of aryl methyl sites for hydroxylation is 1. The molecule has 2 heterocycles. The lowest BCUT2D eigenvalue weighted by Gasteiger charge is -2.05. The zero-order valence-corrected chi connectivity index (χ0v) is 14.4. The number of benzene rings is 1. The van der Waals surface area contributed by atoms with Crippen molar-refractivity contribution in [1.82, 2.24) is 9.97 Å². The first kappa shape index (κ1) is 15.8. The van der Waals surface area contributed by atoms with Gasteiger partial charge in [-0.2, -0.15) is 0 Å². The average molecular weight is 392 g/mol. The number of amides is 1. The number of anilines is 1. The maximum atomic E-state index is 13.8. The largest absolute Gasteiger partial charge is 0.319 e. The molecule has 0 aliphatic heterocycles. The molecule has 1 aromatic carbocycles. The second-order valence-electron chi connectivity index (χ2n) is 4.73. The average Bonchev–Trinajstić information content (AvgIpc) is 2.93. The van der Waals surface area contributed by atoms with Crippen LogP contribution in [-0.4, -0.2) is 15.9 Å². The quantitative estimate of drug-likeness (QED) is 0.705. The Bertz CT molecular complexity index is 867. The van der Waals surface area contributed by atoms with Crippen LogP contribution in [0.4, 0.5) is 10.1 Å². The molecular weight excluding hydrogens is 381 g/mol. The van der Waals surface area contributed by atoms with E-state index < -0.39 is 5.82 Å². The lowest BCUT2D eigenvalue weighted by Crippen LogP contribution is -2.12. The highest BCUT2D eigenvalue weighted by Crippen LogP contribution is 2.27. The third-order valence-corrected chi connectivity index (χ3v) is 4.74. The summed E-state index contributed by atoms with van der Waals surface area (Å²) in [4.78, 5) is 21.4. The predicted molar refractivity (Wildman–Crippen MR) is 92.1 cm³/mol. The molecule has 1 amide bonds. The number of nitrogens with one attached hydrogen (secondary N) is 1. The summed E-state index contributed by atoms with van der Waals surface area (Å²) in [6, 6.07) is 9.97. The summed E-state index contributed by atoms with van der Waals surface area (Å²) in [7, 11) is 0. The minimum absolute atomic E-state index is 0.130. The highest BCUT2D eigenvalue weighted by atomic mass is 79.9. The van der Waals surface area contributed by atoms with E-state index in [2.05, 4.69) is 31.2 Å². The maximum absolute atomic E-state index is 13.8. The molecular formula is C16H11BrFN3OS. The molecule has 1 N–H and O–H groups in total. The fourth-order valence-corrected chi connectivity index (χ4v) is 3.25. The Balaban J connectivity index is 1.87. The second-order valence-corrected chi connectivity index (χ2v) is 6.64. The minimum atomic E-state index is -0.500. The molecule has 0 saturated carbocycles. The first-order valence-electron chi connectivity index (χ1n) is 6.70. The highest BCUT2D eigenvalue weighted by Gasteiger charge is 2.18. The zero-order valence-electron chi connectivity index (χ0n) is 12.0. The van der Waals surface area contributed by atoms with E-state index in [0.717, 1.165) is 0 Å². The number of hydrogen-bond acceptors (Lipinski definition) is 4. The number of pyridine rings is 1. The number of thiazole rings is 1. The van der Waals surface area contributed by atoms with Gasteiger partial charge in [-0.05, 0) is 37.3 Å². The van der Waals surface area contributed by atoms with Crippen molar-refractivity contribution in [3.05, 3.63) is 63.5 Å². The monoisotopic (exact) mass is 391 g/mol. The highest BCUT2D eigenvalue weighted by molar-refractivity contribution is 9.10. The molecule has 3 rings (SSSR count). The van der Waals surface area contributed by atoms with E-state index in [4.69, 9.17) is 0 Å². The molecule has 0 aliphatic rings. The minimum Gasteiger partial charge on any atom is -0.319 e. The van der Waals surface area contributed by atoms with Crippen LogP contribution >= 0.6 is 27.3 Å². The third kappa shape index (κ3) is 3.46. The molecule has 0 fully saturated rings. The molecule has 0 atom stereocenters. The van der Waals surface area contributed by atoms with E-state index in [-0.39, 0.29) is 11.6 Å². The van der Waals surface area contributed by atoms with Gasteiger partial charge in [-0.15, -0.1) is 11.3 Å². The van der Waals surface area contributed by atoms with Crippen LogP contribution in [0.5, 0.6) is 0 Å². The van der Waals surface area contributed by atoms with Gasteiger partial charge in [0.15, 0.2) is 0 Å². The van der Waals surface area contributed by atoms with Crippen molar-refractivity contribution in [3.8, 4) is 10.7 Å². The van der Waals surface area contributed by atoms with Crippen molar-refractivity contribution in [1.29, 1.82) is 0 Å². The molecule has 0 saturated heterocycles. The first-order valence-corrected chi connectivity index (χ1v) is 8.31. The molecule has 4 nitrogen and oxygen atoms in total. The predicted octanol–water partition coefficient (Wildman–Crippen LogP) is 4.67. The van der Waals surface area contributed by atoms with Crippen LogP contribution in [0.25, 0.3) is 10.7 Å². The molecule has 116 valence electrons. The number of hydrogen-bond donors (Lipinski definition) is 1. The van der Waals surface area contributed by atoms with Crippen molar-refractivity contribution in [2.75, 3.05) is 5.32 Å². The summed E-state index contributed by atoms with van der Waals surface area (Å²) < 4.78 is 14.4. The number of nitrogens with zero attached hydrogens (tertiary/aromatic N) is 2. The Hall–Kier alpha value is -2.12. The van der Waals surface area contributed by atoms with Gasteiger partial charge in [-0.3, -0.25) is 9.78 Å². The van der Waals surface area contributed by atoms with Crippen LogP contribution in [0.2, 0.25) is 0 Å². The second kappa shape index (κ2) is 6.55. The lowest BCUT2D eigenvalue weighted by molar-refractivity contribution is 0.102. The van der Waals surface area contributed by atoms with Gasteiger partial charge < -0.3 is 5.32 Å². The number of carbonyl (C=O) groups excluding carboxylic acids is 1. The number of halogens is 2. The van der Waals surface area contributed by atoms with E-state index in [1.807, 2.05) is 18.2 Å². The van der Waals surface area contributed by atoms with Crippen LogP contribution in [-0.2, 0) is 0 Å². The van der Waals surface area contributed by atoms with E-state index in [1.165, 1.54) is 23.5 Å². The summed E-state index contributed by atoms with van der Waals surface area (Å²) in [5.41, 5.74) is 1.42. The van der Waals surface area contributed by atoms with Crippen molar-refractivity contribution in [3.63, 3.8) is 0 Å².